The van der Waals surface area contributed by atoms with Crippen LogP contribution in [0, 0.1) is 0 Å². The Bertz CT molecular complexity index is 551. The van der Waals surface area contributed by atoms with Crippen LogP contribution in [0.25, 0.3) is 0 Å². The maximum atomic E-state index is 12.0. The summed E-state index contributed by atoms with van der Waals surface area (Å²) in [6.07, 6.45) is 0.838. The summed E-state index contributed by atoms with van der Waals surface area (Å²) in [6, 6.07) is 11.6. The average Bonchev–Trinajstić information content (AvgIpc) is 2.83. The van der Waals surface area contributed by atoms with E-state index in [9.17, 15) is 4.79 Å². The maximum Gasteiger partial charge on any atom is 0.251 e. The van der Waals surface area contributed by atoms with Crippen LogP contribution in [-0.4, -0.2) is 12.5 Å². The van der Waals surface area contributed by atoms with Gasteiger partial charge in [-0.05, 0) is 58.7 Å². The minimum atomic E-state index is -0.0520. The van der Waals surface area contributed by atoms with E-state index in [4.69, 9.17) is 5.73 Å². The molecule has 0 saturated heterocycles. The van der Waals surface area contributed by atoms with Gasteiger partial charge in [-0.3, -0.25) is 4.79 Å². The molecule has 0 saturated carbocycles. The minimum absolute atomic E-state index is 0.0520. The van der Waals surface area contributed by atoms with Gasteiger partial charge in [-0.15, -0.1) is 11.3 Å². The summed E-state index contributed by atoms with van der Waals surface area (Å²) in [5, 5.41) is 2.91. The molecular weight excluding hydrogens is 324 g/mol. The Morgan fingerprint density at radius 3 is 2.53 bits per heavy atom. The Hall–Kier alpha value is -1.17. The number of nitrogens with two attached hydrogens (primary N) is 1. The van der Waals surface area contributed by atoms with Crippen molar-refractivity contribution < 1.29 is 4.79 Å². The van der Waals surface area contributed by atoms with Gasteiger partial charge in [-0.1, -0.05) is 12.1 Å². The van der Waals surface area contributed by atoms with Gasteiger partial charge in [0.25, 0.3) is 5.91 Å². The van der Waals surface area contributed by atoms with Gasteiger partial charge in [0.15, 0.2) is 0 Å². The molecular formula is C14H15BrN2OS. The molecule has 5 heteroatoms. The number of hydrogen-bond donors (Lipinski definition) is 2. The molecule has 2 aromatic rings. The predicted molar refractivity (Wildman–Crippen MR) is 82.4 cm³/mol. The van der Waals surface area contributed by atoms with Crippen molar-refractivity contribution in [2.75, 3.05) is 6.54 Å². The molecule has 0 aliphatic rings. The van der Waals surface area contributed by atoms with Crippen LogP contribution in [0.15, 0.2) is 40.2 Å². The molecule has 0 fully saturated rings. The van der Waals surface area contributed by atoms with Crippen molar-refractivity contribution >= 4 is 33.2 Å². The molecule has 0 spiro atoms. The van der Waals surface area contributed by atoms with E-state index in [0.717, 1.165) is 20.6 Å². The molecule has 1 aromatic heterocycles. The number of nitrogens with one attached hydrogen (secondary N) is 1. The fourth-order valence-electron chi connectivity index (χ4n) is 1.71. The Morgan fingerprint density at radius 2 is 1.95 bits per heavy atom. The molecule has 1 heterocycles. The van der Waals surface area contributed by atoms with E-state index in [1.54, 1.807) is 11.3 Å². The molecule has 100 valence electrons. The van der Waals surface area contributed by atoms with Crippen LogP contribution in [0.1, 0.15) is 20.8 Å². The Balaban J connectivity index is 1.92. The standard InChI is InChI=1S/C14H15BrN2OS/c15-13-6-5-12(19-13)9-17-14(18)11-3-1-10(2-4-11)7-8-16/h1-6H,7-9,16H2,(H,17,18). The summed E-state index contributed by atoms with van der Waals surface area (Å²) < 4.78 is 1.07. The van der Waals surface area contributed by atoms with Crippen LogP contribution < -0.4 is 11.1 Å². The van der Waals surface area contributed by atoms with Crippen molar-refractivity contribution in [2.45, 2.75) is 13.0 Å². The van der Waals surface area contributed by atoms with Gasteiger partial charge in [0.2, 0.25) is 0 Å². The molecule has 2 rings (SSSR count). The lowest BCUT2D eigenvalue weighted by Gasteiger charge is -2.05. The molecule has 3 N–H and O–H groups in total. The molecule has 3 nitrogen and oxygen atoms in total. The van der Waals surface area contributed by atoms with Crippen molar-refractivity contribution in [1.29, 1.82) is 0 Å². The van der Waals surface area contributed by atoms with E-state index < -0.39 is 0 Å². The number of carbonyl (C=O) groups is 1. The fraction of sp³-hybridized carbons (Fsp3) is 0.214. The Labute approximate surface area is 125 Å². The van der Waals surface area contributed by atoms with E-state index in [2.05, 4.69) is 21.2 Å². The first-order valence-corrected chi connectivity index (χ1v) is 7.61. The summed E-state index contributed by atoms with van der Waals surface area (Å²) in [6.45, 7) is 1.18. The van der Waals surface area contributed by atoms with Gasteiger partial charge < -0.3 is 11.1 Å². The molecule has 1 aromatic carbocycles. The number of halogens is 1. The van der Waals surface area contributed by atoms with Gasteiger partial charge >= 0.3 is 0 Å². The van der Waals surface area contributed by atoms with Gasteiger partial charge in [-0.2, -0.15) is 0 Å². The topological polar surface area (TPSA) is 55.1 Å². The zero-order chi connectivity index (χ0) is 13.7. The Kier molecular flexibility index (Phi) is 5.13. The first-order valence-electron chi connectivity index (χ1n) is 6.00. The van der Waals surface area contributed by atoms with E-state index in [1.165, 1.54) is 0 Å². The fourth-order valence-corrected chi connectivity index (χ4v) is 3.13. The zero-order valence-electron chi connectivity index (χ0n) is 10.4. The molecule has 0 unspecified atom stereocenters. The summed E-state index contributed by atoms with van der Waals surface area (Å²) in [4.78, 5) is 13.1. The maximum absolute atomic E-state index is 12.0. The van der Waals surface area contributed by atoms with Crippen molar-refractivity contribution in [3.63, 3.8) is 0 Å². The molecule has 19 heavy (non-hydrogen) atoms. The molecule has 0 atom stereocenters. The minimum Gasteiger partial charge on any atom is -0.347 e. The highest BCUT2D eigenvalue weighted by atomic mass is 79.9. The predicted octanol–water partition coefficient (Wildman–Crippen LogP) is 2.94. The van der Waals surface area contributed by atoms with Gasteiger partial charge in [-0.25, -0.2) is 0 Å². The normalized spacial score (nSPS) is 10.4. The molecule has 1 amide bonds. The second-order valence-electron chi connectivity index (χ2n) is 4.12. The highest BCUT2D eigenvalue weighted by Gasteiger charge is 2.06. The number of hydrogen-bond acceptors (Lipinski definition) is 3. The Morgan fingerprint density at radius 1 is 1.21 bits per heavy atom. The highest BCUT2D eigenvalue weighted by Crippen LogP contribution is 2.21. The monoisotopic (exact) mass is 338 g/mol. The SMILES string of the molecule is NCCc1ccc(C(=O)NCc2ccc(Br)s2)cc1. The van der Waals surface area contributed by atoms with Crippen LogP contribution in [-0.2, 0) is 13.0 Å². The van der Waals surface area contributed by atoms with Crippen molar-refractivity contribution in [1.82, 2.24) is 5.32 Å². The molecule has 0 aliphatic carbocycles. The van der Waals surface area contributed by atoms with Crippen LogP contribution in [0.3, 0.4) is 0 Å². The second-order valence-corrected chi connectivity index (χ2v) is 6.67. The lowest BCUT2D eigenvalue weighted by Crippen LogP contribution is -2.22. The third kappa shape index (κ3) is 4.16. The van der Waals surface area contributed by atoms with Crippen LogP contribution in [0.4, 0.5) is 0 Å². The first kappa shape index (κ1) is 14.2. The third-order valence-corrected chi connectivity index (χ3v) is 4.32. The first-order chi connectivity index (χ1) is 9.19. The number of thiophene rings is 1. The number of benzene rings is 1. The van der Waals surface area contributed by atoms with E-state index in [0.29, 0.717) is 18.7 Å². The summed E-state index contributed by atoms with van der Waals surface area (Å²) in [5.41, 5.74) is 7.32. The van der Waals surface area contributed by atoms with Crippen molar-refractivity contribution in [3.05, 3.63) is 56.2 Å². The summed E-state index contributed by atoms with van der Waals surface area (Å²) in [7, 11) is 0. The lowest BCUT2D eigenvalue weighted by atomic mass is 10.1. The number of amides is 1. The lowest BCUT2D eigenvalue weighted by molar-refractivity contribution is 0.0951. The van der Waals surface area contributed by atoms with Crippen molar-refractivity contribution in [3.8, 4) is 0 Å². The second kappa shape index (κ2) is 6.84. The molecule has 0 radical (unpaired) electrons. The highest BCUT2D eigenvalue weighted by molar-refractivity contribution is 9.11. The smallest absolute Gasteiger partial charge is 0.251 e. The van der Waals surface area contributed by atoms with E-state index in [1.807, 2.05) is 36.4 Å². The zero-order valence-corrected chi connectivity index (χ0v) is 12.8. The van der Waals surface area contributed by atoms with Gasteiger partial charge in [0.05, 0.1) is 10.3 Å². The quantitative estimate of drug-likeness (QED) is 0.880. The summed E-state index contributed by atoms with van der Waals surface area (Å²) >= 11 is 5.02. The van der Waals surface area contributed by atoms with Crippen LogP contribution in [0.5, 0.6) is 0 Å². The van der Waals surface area contributed by atoms with E-state index in [-0.39, 0.29) is 5.91 Å². The molecule has 0 aliphatic heterocycles. The van der Waals surface area contributed by atoms with Gasteiger partial charge in [0, 0.05) is 10.4 Å². The van der Waals surface area contributed by atoms with Gasteiger partial charge in [0.1, 0.15) is 0 Å². The van der Waals surface area contributed by atoms with E-state index >= 15 is 0 Å². The summed E-state index contributed by atoms with van der Waals surface area (Å²) in [5.74, 6) is -0.0520. The number of carbonyl (C=O) groups excluding carboxylic acids is 1. The number of rotatable bonds is 5. The van der Waals surface area contributed by atoms with Crippen LogP contribution >= 0.6 is 27.3 Å². The largest absolute Gasteiger partial charge is 0.347 e. The van der Waals surface area contributed by atoms with Crippen molar-refractivity contribution in [2.24, 2.45) is 5.73 Å². The van der Waals surface area contributed by atoms with Crippen LogP contribution in [0.2, 0.25) is 0 Å². The molecule has 0 bridgehead atoms. The third-order valence-electron chi connectivity index (χ3n) is 2.70. The average molecular weight is 339 g/mol.